The molecule has 0 saturated carbocycles. The summed E-state index contributed by atoms with van der Waals surface area (Å²) >= 11 is 0. The van der Waals surface area contributed by atoms with E-state index < -0.39 is 17.4 Å². The van der Waals surface area contributed by atoms with Crippen LogP contribution in [-0.2, 0) is 28.6 Å². The molecule has 0 aromatic heterocycles. The molecular formula is C22H48N4O5Si2. The van der Waals surface area contributed by atoms with Crippen LogP contribution in [0.4, 0.5) is 0 Å². The fourth-order valence-electron chi connectivity index (χ4n) is 2.97. The Morgan fingerprint density at radius 1 is 0.758 bits per heavy atom. The van der Waals surface area contributed by atoms with Crippen LogP contribution in [0.1, 0.15) is 12.0 Å². The predicted molar refractivity (Wildman–Crippen MR) is 140 cm³/mol. The molecule has 0 spiro atoms. The third kappa shape index (κ3) is 15.7. The topological polar surface area (TPSA) is 122 Å². The first-order valence-corrected chi connectivity index (χ1v) is 16.1. The molecule has 0 bridgehead atoms. The lowest BCUT2D eigenvalue weighted by Gasteiger charge is -2.26. The Labute approximate surface area is 203 Å². The molecule has 0 fully saturated rings. The van der Waals surface area contributed by atoms with Gasteiger partial charge in [0.1, 0.15) is 0 Å². The summed E-state index contributed by atoms with van der Waals surface area (Å²) in [5.74, 6) is 0. The van der Waals surface area contributed by atoms with Crippen LogP contribution in [0.15, 0.2) is 30.3 Å². The summed E-state index contributed by atoms with van der Waals surface area (Å²) in [6, 6.07) is 12.1. The Bertz CT molecular complexity index is 553. The van der Waals surface area contributed by atoms with E-state index in [1.165, 1.54) is 5.56 Å². The van der Waals surface area contributed by atoms with E-state index in [9.17, 15) is 0 Å². The van der Waals surface area contributed by atoms with Crippen LogP contribution < -0.4 is 22.1 Å². The fourth-order valence-corrected chi connectivity index (χ4v) is 6.33. The lowest BCUT2D eigenvalue weighted by Crippen LogP contribution is -2.45. The summed E-state index contributed by atoms with van der Waals surface area (Å²) in [6.07, 6.45) is 1.98. The van der Waals surface area contributed by atoms with Crippen LogP contribution in [0.2, 0.25) is 18.6 Å². The average molecular weight is 505 g/mol. The van der Waals surface area contributed by atoms with Gasteiger partial charge >= 0.3 is 17.4 Å². The van der Waals surface area contributed by atoms with Crippen molar-refractivity contribution >= 4 is 17.4 Å². The van der Waals surface area contributed by atoms with E-state index in [0.29, 0.717) is 19.7 Å². The number of hydrogen-bond donors (Lipinski definition) is 4. The lowest BCUT2D eigenvalue weighted by molar-refractivity contribution is 0.0992. The van der Waals surface area contributed by atoms with Crippen LogP contribution in [0, 0.1) is 0 Å². The molecule has 0 aliphatic rings. The maximum Gasteiger partial charge on any atom is 0.500 e. The van der Waals surface area contributed by atoms with Crippen LogP contribution in [0.5, 0.6) is 0 Å². The van der Waals surface area contributed by atoms with Crippen molar-refractivity contribution in [2.24, 2.45) is 11.5 Å². The van der Waals surface area contributed by atoms with Gasteiger partial charge in [-0.15, -0.1) is 0 Å². The van der Waals surface area contributed by atoms with E-state index in [1.54, 1.807) is 28.4 Å². The second kappa shape index (κ2) is 20.6. The molecule has 1 rings (SSSR count). The summed E-state index contributed by atoms with van der Waals surface area (Å²) in [5, 5.41) is 6.43. The van der Waals surface area contributed by atoms with E-state index in [2.05, 4.69) is 29.3 Å². The Morgan fingerprint density at radius 2 is 1.33 bits per heavy atom. The number of benzene rings is 1. The molecule has 0 amide bonds. The minimum absolute atomic E-state index is 0.572. The monoisotopic (exact) mass is 504 g/mol. The number of rotatable bonds is 19. The molecule has 1 aromatic rings. The first kappa shape index (κ1) is 32.3. The molecule has 0 atom stereocenters. The van der Waals surface area contributed by atoms with E-state index in [1.807, 2.05) is 18.2 Å². The highest BCUT2D eigenvalue weighted by Crippen LogP contribution is 2.17. The summed E-state index contributed by atoms with van der Waals surface area (Å²) in [4.78, 5) is 0. The van der Waals surface area contributed by atoms with Crippen molar-refractivity contribution < 1.29 is 22.1 Å². The van der Waals surface area contributed by atoms with Crippen LogP contribution >= 0.6 is 0 Å². The standard InChI is InChI=1S/C14H26N2O3Si.C8H22N2O2Si/c1-17-20(18-2,19-12-11-16-10-9-15)13-8-14-6-4-3-5-7-14;1-11-13(3,12-2)8-4-6-10-7-5-9/h3-7,16H,8-13,15H2,1-2H3;10H,4-9H2,1-3H3. The SMILES string of the molecule is CO[Si](C)(CCCNCCN)OC.CO[Si](CCc1ccccc1)(OC)OCCNCCN. The largest absolute Gasteiger partial charge is 0.500 e. The number of hydrogen-bond acceptors (Lipinski definition) is 9. The van der Waals surface area contributed by atoms with Crippen molar-refractivity contribution in [1.29, 1.82) is 0 Å². The normalized spacial score (nSPS) is 11.8. The van der Waals surface area contributed by atoms with E-state index in [0.717, 1.165) is 51.1 Å². The average Bonchev–Trinajstić information content (AvgIpc) is 2.87. The van der Waals surface area contributed by atoms with Crippen molar-refractivity contribution in [1.82, 2.24) is 10.6 Å². The zero-order valence-corrected chi connectivity index (χ0v) is 23.4. The quantitative estimate of drug-likeness (QED) is 0.163. The van der Waals surface area contributed by atoms with Crippen molar-refractivity contribution in [2.75, 3.05) is 74.3 Å². The molecule has 0 heterocycles. The molecule has 0 aliphatic heterocycles. The van der Waals surface area contributed by atoms with Crippen molar-refractivity contribution in [2.45, 2.75) is 31.5 Å². The van der Waals surface area contributed by atoms with Gasteiger partial charge in [0.05, 0.1) is 6.61 Å². The van der Waals surface area contributed by atoms with Gasteiger partial charge in [-0.2, -0.15) is 0 Å². The van der Waals surface area contributed by atoms with Crippen LogP contribution in [0.3, 0.4) is 0 Å². The zero-order chi connectivity index (χ0) is 24.8. The van der Waals surface area contributed by atoms with Gasteiger partial charge in [0, 0.05) is 67.2 Å². The summed E-state index contributed by atoms with van der Waals surface area (Å²) in [5.41, 5.74) is 12.0. The summed E-state index contributed by atoms with van der Waals surface area (Å²) < 4.78 is 27.7. The number of nitrogens with two attached hydrogens (primary N) is 2. The van der Waals surface area contributed by atoms with Gasteiger partial charge in [0.25, 0.3) is 0 Å². The minimum atomic E-state index is -2.56. The highest BCUT2D eigenvalue weighted by molar-refractivity contribution is 6.65. The van der Waals surface area contributed by atoms with E-state index >= 15 is 0 Å². The Kier molecular flexibility index (Phi) is 20.2. The molecular weight excluding hydrogens is 456 g/mol. The Hall–Kier alpha value is -0.706. The molecule has 0 unspecified atom stereocenters. The van der Waals surface area contributed by atoms with Gasteiger partial charge < -0.3 is 44.2 Å². The van der Waals surface area contributed by atoms with Crippen molar-refractivity contribution in [3.63, 3.8) is 0 Å². The van der Waals surface area contributed by atoms with Gasteiger partial charge in [0.2, 0.25) is 0 Å². The molecule has 9 nitrogen and oxygen atoms in total. The molecule has 11 heteroatoms. The molecule has 0 saturated heterocycles. The van der Waals surface area contributed by atoms with Gasteiger partial charge in [0.15, 0.2) is 0 Å². The summed E-state index contributed by atoms with van der Waals surface area (Å²) in [7, 11) is 2.39. The highest BCUT2D eigenvalue weighted by Gasteiger charge is 2.38. The maximum atomic E-state index is 5.89. The molecule has 194 valence electrons. The molecule has 0 aliphatic carbocycles. The molecule has 33 heavy (non-hydrogen) atoms. The van der Waals surface area contributed by atoms with Gasteiger partial charge in [-0.3, -0.25) is 0 Å². The third-order valence-corrected chi connectivity index (χ3v) is 11.0. The lowest BCUT2D eigenvalue weighted by atomic mass is 10.2. The zero-order valence-electron chi connectivity index (χ0n) is 21.4. The molecule has 1 aromatic carbocycles. The molecule has 0 radical (unpaired) electrons. The highest BCUT2D eigenvalue weighted by atomic mass is 28.4. The third-order valence-electron chi connectivity index (χ3n) is 5.28. The fraction of sp³-hybridized carbons (Fsp3) is 0.727. The smallest absolute Gasteiger partial charge is 0.398 e. The predicted octanol–water partition coefficient (Wildman–Crippen LogP) is 1.32. The minimum Gasteiger partial charge on any atom is -0.398 e. The van der Waals surface area contributed by atoms with E-state index in [-0.39, 0.29) is 0 Å². The number of nitrogens with one attached hydrogen (secondary N) is 2. The Morgan fingerprint density at radius 3 is 1.85 bits per heavy atom. The van der Waals surface area contributed by atoms with Crippen molar-refractivity contribution in [3.8, 4) is 0 Å². The van der Waals surface area contributed by atoms with Crippen LogP contribution in [-0.4, -0.2) is 91.7 Å². The first-order chi connectivity index (χ1) is 15.9. The summed E-state index contributed by atoms with van der Waals surface area (Å²) in [6.45, 7) is 7.41. The van der Waals surface area contributed by atoms with Gasteiger partial charge in [-0.05, 0) is 37.5 Å². The van der Waals surface area contributed by atoms with Gasteiger partial charge in [-0.25, -0.2) is 0 Å². The van der Waals surface area contributed by atoms with E-state index in [4.69, 9.17) is 33.6 Å². The second-order valence-corrected chi connectivity index (χ2v) is 14.2. The van der Waals surface area contributed by atoms with Gasteiger partial charge in [-0.1, -0.05) is 30.3 Å². The number of aryl methyl sites for hydroxylation is 1. The molecule has 6 N–H and O–H groups in total. The Balaban J connectivity index is 0.000000684. The van der Waals surface area contributed by atoms with Crippen LogP contribution in [0.25, 0.3) is 0 Å². The second-order valence-electron chi connectivity index (χ2n) is 7.65. The first-order valence-electron chi connectivity index (χ1n) is 11.6. The van der Waals surface area contributed by atoms with Crippen molar-refractivity contribution in [3.05, 3.63) is 35.9 Å². The maximum absolute atomic E-state index is 5.89.